The molecule has 0 unspecified atom stereocenters. The van der Waals surface area contributed by atoms with Crippen LogP contribution in [0.5, 0.6) is 5.75 Å². The van der Waals surface area contributed by atoms with Crippen LogP contribution in [-0.2, 0) is 9.59 Å². The highest BCUT2D eigenvalue weighted by Crippen LogP contribution is 2.36. The van der Waals surface area contributed by atoms with E-state index < -0.39 is 17.8 Å². The molecule has 0 atom stereocenters. The van der Waals surface area contributed by atoms with Gasteiger partial charge < -0.3 is 4.74 Å². The highest BCUT2D eigenvalue weighted by Gasteiger charge is 2.37. The zero-order valence-corrected chi connectivity index (χ0v) is 22.1. The summed E-state index contributed by atoms with van der Waals surface area (Å²) in [5, 5.41) is 2.64. The van der Waals surface area contributed by atoms with E-state index in [4.69, 9.17) is 16.3 Å². The summed E-state index contributed by atoms with van der Waals surface area (Å²) in [6, 6.07) is 7.60. The lowest BCUT2D eigenvalue weighted by Crippen LogP contribution is -2.54. The van der Waals surface area contributed by atoms with E-state index in [9.17, 15) is 14.4 Å². The second kappa shape index (κ2) is 11.3. The third kappa shape index (κ3) is 5.86. The van der Waals surface area contributed by atoms with Gasteiger partial charge in [-0.1, -0.05) is 43.9 Å². The van der Waals surface area contributed by atoms with E-state index in [0.717, 1.165) is 24.2 Å². The number of rotatable bonds is 8. The number of hydrogen-bond donors (Lipinski definition) is 1. The molecule has 1 aliphatic rings. The van der Waals surface area contributed by atoms with Crippen LogP contribution in [-0.4, -0.2) is 24.5 Å². The van der Waals surface area contributed by atoms with Crippen LogP contribution in [0.25, 0.3) is 6.08 Å². The Morgan fingerprint density at radius 2 is 1.79 bits per heavy atom. The monoisotopic (exact) mass is 596 g/mol. The van der Waals surface area contributed by atoms with Gasteiger partial charge >= 0.3 is 6.03 Å². The fourth-order valence-electron chi connectivity index (χ4n) is 3.39. The molecule has 4 amide bonds. The molecule has 6 nitrogen and oxygen atoms in total. The van der Waals surface area contributed by atoms with Crippen molar-refractivity contribution >= 4 is 73.1 Å². The van der Waals surface area contributed by atoms with E-state index in [-0.39, 0.29) is 5.57 Å². The molecule has 0 aliphatic carbocycles. The van der Waals surface area contributed by atoms with Crippen molar-refractivity contribution in [3.8, 4) is 5.75 Å². The summed E-state index contributed by atoms with van der Waals surface area (Å²) in [5.74, 6) is -0.832. The lowest BCUT2D eigenvalue weighted by molar-refractivity contribution is -0.122. The van der Waals surface area contributed by atoms with Crippen molar-refractivity contribution in [1.29, 1.82) is 0 Å². The Bertz CT molecular complexity index is 1110. The third-order valence-corrected chi connectivity index (χ3v) is 6.75. The molecule has 1 aliphatic heterocycles. The minimum absolute atomic E-state index is 0.166. The molecule has 1 N–H and O–H groups in total. The Balaban J connectivity index is 1.88. The number of imide groups is 2. The van der Waals surface area contributed by atoms with Crippen LogP contribution in [0.15, 0.2) is 44.9 Å². The molecule has 0 spiro atoms. The molecule has 9 heteroatoms. The van der Waals surface area contributed by atoms with Gasteiger partial charge in [-0.25, -0.2) is 9.69 Å². The van der Waals surface area contributed by atoms with E-state index in [1.165, 1.54) is 12.5 Å². The van der Waals surface area contributed by atoms with Gasteiger partial charge in [0.05, 0.1) is 21.2 Å². The van der Waals surface area contributed by atoms with Gasteiger partial charge in [0.25, 0.3) is 11.8 Å². The first-order valence-electron chi connectivity index (χ1n) is 10.5. The highest BCUT2D eigenvalue weighted by atomic mass is 79.9. The molecule has 174 valence electrons. The number of barbiturate groups is 1. The maximum atomic E-state index is 13.2. The Hall–Kier alpha value is -2.16. The quantitative estimate of drug-likeness (QED) is 0.206. The van der Waals surface area contributed by atoms with Crippen molar-refractivity contribution < 1.29 is 19.1 Å². The van der Waals surface area contributed by atoms with Crippen LogP contribution in [0, 0.1) is 6.92 Å². The van der Waals surface area contributed by atoms with E-state index in [1.54, 1.807) is 37.3 Å². The van der Waals surface area contributed by atoms with Crippen molar-refractivity contribution in [2.45, 2.75) is 39.5 Å². The largest absolute Gasteiger partial charge is 0.491 e. The maximum absolute atomic E-state index is 13.2. The number of urea groups is 1. The molecule has 1 heterocycles. The molecule has 0 bridgehead atoms. The average molecular weight is 599 g/mol. The first kappa shape index (κ1) is 25.5. The molecule has 0 aromatic heterocycles. The number of carbonyl (C=O) groups excluding carboxylic acids is 3. The SMILES string of the molecule is CCCCCCOc1c(Br)cc(/C=C2/C(=O)NC(=O)N(c3cccc(Cl)c3C)C2=O)cc1Br. The van der Waals surface area contributed by atoms with Crippen molar-refractivity contribution in [2.75, 3.05) is 11.5 Å². The molecule has 1 fully saturated rings. The molecule has 2 aromatic carbocycles. The summed E-state index contributed by atoms with van der Waals surface area (Å²) in [7, 11) is 0. The Morgan fingerprint density at radius 1 is 1.09 bits per heavy atom. The maximum Gasteiger partial charge on any atom is 0.335 e. The van der Waals surface area contributed by atoms with E-state index >= 15 is 0 Å². The standard InChI is InChI=1S/C24H23Br2ClN2O4/c1-3-4-5-6-10-33-21-17(25)12-15(13-18(21)26)11-16-22(30)28-24(32)29(23(16)31)20-9-7-8-19(27)14(20)2/h7-9,11-13H,3-6,10H2,1-2H3,(H,28,30,32)/b16-11-. The summed E-state index contributed by atoms with van der Waals surface area (Å²) in [6.45, 7) is 4.45. The molecule has 3 rings (SSSR count). The van der Waals surface area contributed by atoms with Gasteiger partial charge in [-0.05, 0) is 86.7 Å². The second-order valence-electron chi connectivity index (χ2n) is 7.56. The number of nitrogens with one attached hydrogen (secondary N) is 1. The van der Waals surface area contributed by atoms with Gasteiger partial charge in [-0.3, -0.25) is 14.9 Å². The zero-order chi connectivity index (χ0) is 24.1. The normalized spacial score (nSPS) is 15.2. The van der Waals surface area contributed by atoms with Gasteiger partial charge in [0, 0.05) is 5.02 Å². The van der Waals surface area contributed by atoms with Crippen LogP contribution >= 0.6 is 43.5 Å². The molecule has 0 saturated carbocycles. The highest BCUT2D eigenvalue weighted by molar-refractivity contribution is 9.11. The topological polar surface area (TPSA) is 75.7 Å². The number of hydrogen-bond acceptors (Lipinski definition) is 4. The number of carbonyl (C=O) groups is 3. The number of ether oxygens (including phenoxy) is 1. The number of anilines is 1. The summed E-state index contributed by atoms with van der Waals surface area (Å²) in [6.07, 6.45) is 5.83. The first-order valence-corrected chi connectivity index (χ1v) is 12.5. The minimum atomic E-state index is -0.818. The van der Waals surface area contributed by atoms with Crippen LogP contribution < -0.4 is 15.0 Å². The third-order valence-electron chi connectivity index (χ3n) is 5.16. The number of benzene rings is 2. The zero-order valence-electron chi connectivity index (χ0n) is 18.2. The summed E-state index contributed by atoms with van der Waals surface area (Å²) < 4.78 is 7.25. The van der Waals surface area contributed by atoms with Crippen molar-refractivity contribution in [3.05, 3.63) is 61.0 Å². The van der Waals surface area contributed by atoms with Gasteiger partial charge in [0.1, 0.15) is 11.3 Å². The molecule has 0 radical (unpaired) electrons. The number of amides is 4. The van der Waals surface area contributed by atoms with Gasteiger partial charge in [0.15, 0.2) is 0 Å². The van der Waals surface area contributed by atoms with Crippen LogP contribution in [0.1, 0.15) is 43.7 Å². The predicted molar refractivity (Wildman–Crippen MR) is 137 cm³/mol. The fourth-order valence-corrected chi connectivity index (χ4v) is 5.01. The summed E-state index contributed by atoms with van der Waals surface area (Å²) in [4.78, 5) is 39.0. The smallest absolute Gasteiger partial charge is 0.335 e. The molecule has 33 heavy (non-hydrogen) atoms. The first-order chi connectivity index (χ1) is 15.7. The number of nitrogens with zero attached hydrogens (tertiary/aromatic N) is 1. The van der Waals surface area contributed by atoms with Crippen LogP contribution in [0.2, 0.25) is 5.02 Å². The minimum Gasteiger partial charge on any atom is -0.491 e. The van der Waals surface area contributed by atoms with E-state index in [0.29, 0.717) is 43.1 Å². The Labute approximate surface area is 214 Å². The molecular weight excluding hydrogens is 576 g/mol. The predicted octanol–water partition coefficient (Wildman–Crippen LogP) is 6.80. The van der Waals surface area contributed by atoms with E-state index in [2.05, 4.69) is 44.1 Å². The number of unbranched alkanes of at least 4 members (excludes halogenated alkanes) is 3. The van der Waals surface area contributed by atoms with Crippen LogP contribution in [0.4, 0.5) is 10.5 Å². The Morgan fingerprint density at radius 3 is 2.45 bits per heavy atom. The van der Waals surface area contributed by atoms with Gasteiger partial charge in [-0.15, -0.1) is 0 Å². The average Bonchev–Trinajstić information content (AvgIpc) is 2.75. The summed E-state index contributed by atoms with van der Waals surface area (Å²) >= 11 is 13.2. The molecular formula is C24H23Br2ClN2O4. The van der Waals surface area contributed by atoms with Gasteiger partial charge in [0.2, 0.25) is 0 Å². The van der Waals surface area contributed by atoms with Crippen molar-refractivity contribution in [2.24, 2.45) is 0 Å². The molecule has 1 saturated heterocycles. The second-order valence-corrected chi connectivity index (χ2v) is 9.68. The number of halogens is 3. The Kier molecular flexibility index (Phi) is 8.73. The van der Waals surface area contributed by atoms with Crippen molar-refractivity contribution in [3.63, 3.8) is 0 Å². The fraction of sp³-hybridized carbons (Fsp3) is 0.292. The van der Waals surface area contributed by atoms with Crippen molar-refractivity contribution in [1.82, 2.24) is 5.32 Å². The van der Waals surface area contributed by atoms with E-state index in [1.807, 2.05) is 0 Å². The van der Waals surface area contributed by atoms with Gasteiger partial charge in [-0.2, -0.15) is 0 Å². The van der Waals surface area contributed by atoms with Crippen LogP contribution in [0.3, 0.4) is 0 Å². The summed E-state index contributed by atoms with van der Waals surface area (Å²) in [5.41, 5.74) is 1.29. The molecule has 2 aromatic rings. The lowest BCUT2D eigenvalue weighted by Gasteiger charge is -2.27. The lowest BCUT2D eigenvalue weighted by atomic mass is 10.1.